The minimum atomic E-state index is -0.0427. The molecule has 3 heterocycles. The number of benzene rings is 6. The van der Waals surface area contributed by atoms with Crippen molar-refractivity contribution in [2.75, 3.05) is 14.7 Å². The highest BCUT2D eigenvalue weighted by atomic mass is 15.3. The van der Waals surface area contributed by atoms with Crippen LogP contribution in [0, 0.1) is 27.7 Å². The molecule has 2 aliphatic carbocycles. The molecule has 0 spiro atoms. The van der Waals surface area contributed by atoms with E-state index in [1.165, 1.54) is 150 Å². The van der Waals surface area contributed by atoms with Crippen molar-refractivity contribution in [3.05, 3.63) is 147 Å². The van der Waals surface area contributed by atoms with E-state index in [4.69, 9.17) is 0 Å². The fourth-order valence-electron chi connectivity index (χ4n) is 14.4. The van der Waals surface area contributed by atoms with Crippen molar-refractivity contribution in [2.24, 2.45) is 0 Å². The molecule has 1 saturated carbocycles. The lowest BCUT2D eigenvalue weighted by Crippen LogP contribution is -2.64. The second-order valence-electron chi connectivity index (χ2n) is 28.4. The highest BCUT2D eigenvalue weighted by Gasteiger charge is 2.61. The van der Waals surface area contributed by atoms with Crippen molar-refractivity contribution < 1.29 is 0 Å². The van der Waals surface area contributed by atoms with E-state index in [0.717, 1.165) is 0 Å². The second-order valence-corrected chi connectivity index (χ2v) is 28.4. The van der Waals surface area contributed by atoms with E-state index in [9.17, 15) is 0 Å². The van der Waals surface area contributed by atoms with Gasteiger partial charge in [-0.2, -0.15) is 0 Å². The summed E-state index contributed by atoms with van der Waals surface area (Å²) in [6.07, 6.45) is 7.32. The second kappa shape index (κ2) is 15.7. The van der Waals surface area contributed by atoms with Crippen LogP contribution in [0.3, 0.4) is 0 Å². The van der Waals surface area contributed by atoms with E-state index in [1.54, 1.807) is 5.56 Å². The molecular formula is C68H84BN3. The van der Waals surface area contributed by atoms with Gasteiger partial charge in [-0.25, -0.2) is 0 Å². The summed E-state index contributed by atoms with van der Waals surface area (Å²) in [5, 5.41) is 0. The summed E-state index contributed by atoms with van der Waals surface area (Å²) in [5.74, 6) is 0. The third kappa shape index (κ3) is 7.09. The van der Waals surface area contributed by atoms with Crippen LogP contribution < -0.4 is 31.1 Å². The van der Waals surface area contributed by atoms with Crippen molar-refractivity contribution in [1.82, 2.24) is 0 Å². The standard InChI is InChI=1S/C68H84BN3/c1-41-32-58-60-59(33-41)72-61-51(67(18)28-20-21-29-68(67,72)19)37-47(64(11,12)13)38-53(61)69(60)52-25-24-48(39-57(52)71(58)56-40-50-49(36-44(56)4)65(14,15)30-31-66(50,16)17)70(54-26-22-45(34-42(54)2)62(5,6)7)55-27-23-46(35-43(55)3)63(8,9)10/h22-27,32-40H,20-21,28-31H2,1-19H3. The minimum Gasteiger partial charge on any atom is -0.335 e. The molecule has 72 heavy (non-hydrogen) atoms. The first-order valence-corrected chi connectivity index (χ1v) is 27.7. The summed E-state index contributed by atoms with van der Waals surface area (Å²) in [6, 6.07) is 37.7. The topological polar surface area (TPSA) is 9.72 Å². The number of aryl methyl sites for hydroxylation is 4. The van der Waals surface area contributed by atoms with E-state index >= 15 is 0 Å². The fourth-order valence-corrected chi connectivity index (χ4v) is 14.4. The van der Waals surface area contributed by atoms with E-state index in [2.05, 4.69) is 237 Å². The molecule has 4 heteroatoms. The molecule has 1 fully saturated rings. The number of hydrogen-bond acceptors (Lipinski definition) is 3. The van der Waals surface area contributed by atoms with Gasteiger partial charge in [0.15, 0.2) is 0 Å². The SMILES string of the molecule is Cc1cc2c3c(c1)N1c4c(cc(C(C)(C)C)cc4C4(C)CCCCC14C)B3c1ccc(N(c3ccc(C(C)(C)C)cc3C)c3ccc(C(C)(C)C)cc3C)cc1N2c1cc2c(cc1C)C(C)(C)CCC2(C)C. The van der Waals surface area contributed by atoms with Crippen LogP contribution in [0.4, 0.5) is 45.5 Å². The lowest BCUT2D eigenvalue weighted by molar-refractivity contribution is 0.195. The minimum absolute atomic E-state index is 0.00767. The zero-order valence-corrected chi connectivity index (χ0v) is 47.8. The highest BCUT2D eigenvalue weighted by molar-refractivity contribution is 7.00. The quantitative estimate of drug-likeness (QED) is 0.163. The Kier molecular flexibility index (Phi) is 10.7. The van der Waals surface area contributed by atoms with Crippen LogP contribution in [0.2, 0.25) is 0 Å². The van der Waals surface area contributed by atoms with Crippen LogP contribution in [0.15, 0.2) is 91.0 Å². The molecule has 0 N–H and O–H groups in total. The molecule has 0 saturated heterocycles. The Balaban J connectivity index is 1.25. The molecule has 6 aromatic rings. The van der Waals surface area contributed by atoms with Gasteiger partial charge in [-0.1, -0.05) is 158 Å². The Labute approximate surface area is 435 Å². The lowest BCUT2D eigenvalue weighted by atomic mass is 9.33. The van der Waals surface area contributed by atoms with Gasteiger partial charge in [0.2, 0.25) is 0 Å². The van der Waals surface area contributed by atoms with Gasteiger partial charge < -0.3 is 14.7 Å². The highest BCUT2D eigenvalue weighted by Crippen LogP contribution is 2.63. The maximum atomic E-state index is 2.91. The molecule has 0 bridgehead atoms. The first-order chi connectivity index (χ1) is 33.5. The van der Waals surface area contributed by atoms with Crippen molar-refractivity contribution in [3.63, 3.8) is 0 Å². The average Bonchev–Trinajstić information content (AvgIpc) is 3.50. The van der Waals surface area contributed by atoms with Crippen molar-refractivity contribution in [2.45, 2.75) is 208 Å². The molecule has 11 rings (SSSR count). The average molecular weight is 954 g/mol. The number of fused-ring (bicyclic) bond motifs is 8. The third-order valence-corrected chi connectivity index (χ3v) is 19.3. The van der Waals surface area contributed by atoms with Gasteiger partial charge >= 0.3 is 0 Å². The molecule has 3 aliphatic heterocycles. The number of hydrogen-bond donors (Lipinski definition) is 0. The van der Waals surface area contributed by atoms with Crippen LogP contribution in [0.5, 0.6) is 0 Å². The summed E-state index contributed by atoms with van der Waals surface area (Å²) < 4.78 is 0. The van der Waals surface area contributed by atoms with Gasteiger partial charge in [0.1, 0.15) is 0 Å². The molecule has 2 atom stereocenters. The Bertz CT molecular complexity index is 3190. The predicted octanol–water partition coefficient (Wildman–Crippen LogP) is 17.0. The zero-order chi connectivity index (χ0) is 51.8. The summed E-state index contributed by atoms with van der Waals surface area (Å²) in [4.78, 5) is 8.23. The molecule has 6 aromatic carbocycles. The van der Waals surface area contributed by atoms with Crippen molar-refractivity contribution in [1.29, 1.82) is 0 Å². The summed E-state index contributed by atoms with van der Waals surface area (Å²) in [6.45, 7) is 45.9. The molecular weight excluding hydrogens is 870 g/mol. The summed E-state index contributed by atoms with van der Waals surface area (Å²) >= 11 is 0. The Morgan fingerprint density at radius 1 is 0.472 bits per heavy atom. The Hall–Kier alpha value is -5.22. The Morgan fingerprint density at radius 3 is 1.60 bits per heavy atom. The van der Waals surface area contributed by atoms with Crippen LogP contribution in [0.1, 0.15) is 198 Å². The summed E-state index contributed by atoms with van der Waals surface area (Å²) in [7, 11) is 0. The van der Waals surface area contributed by atoms with Crippen molar-refractivity contribution in [3.8, 4) is 0 Å². The normalized spacial score (nSPS) is 21.5. The van der Waals surface area contributed by atoms with Crippen LogP contribution in [0.25, 0.3) is 0 Å². The monoisotopic (exact) mass is 954 g/mol. The number of rotatable bonds is 4. The molecule has 374 valence electrons. The molecule has 0 aromatic heterocycles. The lowest BCUT2D eigenvalue weighted by Gasteiger charge is -2.53. The van der Waals surface area contributed by atoms with Crippen LogP contribution >= 0.6 is 0 Å². The smallest absolute Gasteiger partial charge is 0.252 e. The predicted molar refractivity (Wildman–Crippen MR) is 314 cm³/mol. The maximum Gasteiger partial charge on any atom is 0.252 e. The fraction of sp³-hybridized carbons (Fsp3) is 0.471. The molecule has 0 radical (unpaired) electrons. The van der Waals surface area contributed by atoms with E-state index < -0.39 is 0 Å². The molecule has 3 nitrogen and oxygen atoms in total. The summed E-state index contributed by atoms with van der Waals surface area (Å²) in [5.41, 5.74) is 29.0. The van der Waals surface area contributed by atoms with Gasteiger partial charge in [-0.3, -0.25) is 0 Å². The zero-order valence-electron chi connectivity index (χ0n) is 47.8. The third-order valence-electron chi connectivity index (χ3n) is 19.3. The molecule has 2 unspecified atom stereocenters. The maximum absolute atomic E-state index is 2.91. The molecule has 0 amide bonds. The van der Waals surface area contributed by atoms with Gasteiger partial charge in [0.05, 0.1) is 5.54 Å². The van der Waals surface area contributed by atoms with E-state index in [0.29, 0.717) is 0 Å². The number of anilines is 8. The first kappa shape index (κ1) is 49.0. The van der Waals surface area contributed by atoms with Gasteiger partial charge in [-0.15, -0.1) is 0 Å². The van der Waals surface area contributed by atoms with Crippen molar-refractivity contribution >= 4 is 68.6 Å². The van der Waals surface area contributed by atoms with Gasteiger partial charge in [0.25, 0.3) is 6.71 Å². The largest absolute Gasteiger partial charge is 0.335 e. The molecule has 5 aliphatic rings. The van der Waals surface area contributed by atoms with Gasteiger partial charge in [-0.05, 0) is 202 Å². The van der Waals surface area contributed by atoms with E-state index in [-0.39, 0.29) is 44.7 Å². The Morgan fingerprint density at radius 2 is 1.03 bits per heavy atom. The van der Waals surface area contributed by atoms with Crippen LogP contribution in [-0.2, 0) is 32.5 Å². The van der Waals surface area contributed by atoms with E-state index in [1.807, 2.05) is 0 Å². The first-order valence-electron chi connectivity index (χ1n) is 27.7. The number of nitrogens with zero attached hydrogens (tertiary/aromatic N) is 3. The van der Waals surface area contributed by atoms with Crippen LogP contribution in [-0.4, -0.2) is 12.3 Å². The van der Waals surface area contributed by atoms with Gasteiger partial charge in [0, 0.05) is 50.9 Å².